The normalized spacial score (nSPS) is 17.8. The van der Waals surface area contributed by atoms with Crippen LogP contribution in [0, 0.1) is 82.1 Å². The summed E-state index contributed by atoms with van der Waals surface area (Å²) in [5.74, 6) is -2.00. The molecule has 5 fully saturated rings. The molecule has 5 aliphatic rings. The molecule has 145 heavy (non-hydrogen) atoms. The van der Waals surface area contributed by atoms with Gasteiger partial charge in [0.15, 0.2) is 0 Å². The van der Waals surface area contributed by atoms with Gasteiger partial charge in [0.05, 0.1) is 116 Å². The Hall–Kier alpha value is -8.02. The monoisotopic (exact) mass is 2290 g/mol. The summed E-state index contributed by atoms with van der Waals surface area (Å²) in [5.41, 5.74) is 10.6. The van der Waals surface area contributed by atoms with E-state index in [1.54, 1.807) is 107 Å². The maximum atomic E-state index is 13.7. The minimum Gasteiger partial charge on any atom is -1.00 e. The maximum absolute atomic E-state index is 13.7. The van der Waals surface area contributed by atoms with Crippen LogP contribution in [0.2, 0.25) is 0 Å². The number of amides is 4. The number of carbonyl (C=O) groups is 7. The molecule has 4 aromatic carbocycles. The van der Waals surface area contributed by atoms with Crippen molar-refractivity contribution >= 4 is 232 Å². The number of aryl methyl sites for hydroxylation is 4. The van der Waals surface area contributed by atoms with Crippen molar-refractivity contribution in [1.82, 2.24) is 39.9 Å². The number of methoxy groups -OCH3 is 3. The summed E-state index contributed by atoms with van der Waals surface area (Å²) < 4.78 is 90.2. The molecule has 8 aromatic heterocycles. The average molecular weight is 2300 g/mol. The Bertz CT molecular complexity index is 6100. The molecule has 1 atom stereocenters. The van der Waals surface area contributed by atoms with Crippen LogP contribution in [0.1, 0.15) is 318 Å². The number of rotatable bonds is 19. The molecule has 4 aliphatic carbocycles. The first-order chi connectivity index (χ1) is 68.6. The van der Waals surface area contributed by atoms with Gasteiger partial charge in [-0.3, -0.25) is 19.2 Å². The molecule has 9 heterocycles. The fraction of sp³-hybridized carbons (Fsp3) is 0.456. The number of thiazole rings is 4. The van der Waals surface area contributed by atoms with E-state index >= 15 is 0 Å². The van der Waals surface area contributed by atoms with Crippen LogP contribution in [-0.4, -0.2) is 179 Å². The molecule has 8 N–H and O–H groups in total. The molecule has 0 bridgehead atoms. The third kappa shape index (κ3) is 37.0. The van der Waals surface area contributed by atoms with Crippen molar-refractivity contribution in [1.29, 1.82) is 0 Å². The zero-order chi connectivity index (χ0) is 105. The van der Waals surface area contributed by atoms with E-state index in [-0.39, 0.29) is 106 Å². The Morgan fingerprint density at radius 3 is 1.01 bits per heavy atom. The first kappa shape index (κ1) is 122. The minimum absolute atomic E-state index is 0. The average Bonchev–Trinajstić information content (AvgIpc) is 1.65. The van der Waals surface area contributed by atoms with Crippen molar-refractivity contribution in [2.75, 3.05) is 70.3 Å². The van der Waals surface area contributed by atoms with E-state index in [0.717, 1.165) is 163 Å². The molecular formula is C103H127BBr2Cl3F4MgN12O14PS4. The molecule has 1 aliphatic heterocycles. The van der Waals surface area contributed by atoms with E-state index in [2.05, 4.69) is 74.9 Å². The van der Waals surface area contributed by atoms with Crippen molar-refractivity contribution in [3.8, 4) is 0 Å². The number of esters is 3. The largest absolute Gasteiger partial charge is 2.00 e. The zero-order valence-electron chi connectivity index (χ0n) is 85.6. The number of fused-ring (bicyclic) bond motifs is 4. The third-order valence-electron chi connectivity index (χ3n) is 24.7. The molecule has 4 saturated carbocycles. The Kier molecular flexibility index (Phi) is 51.7. The third-order valence-corrected chi connectivity index (χ3v) is 30.0. The second-order valence-corrected chi connectivity index (χ2v) is 42.3. The number of pyridine rings is 4. The number of ether oxygens (including phenoxy) is 4. The maximum Gasteiger partial charge on any atom is 2.00 e. The van der Waals surface area contributed by atoms with E-state index < -0.39 is 69.4 Å². The van der Waals surface area contributed by atoms with Crippen LogP contribution < -0.4 is 38.7 Å². The van der Waals surface area contributed by atoms with Gasteiger partial charge in [-0.15, -0.1) is 54.6 Å². The number of hydrogen-bond donors (Lipinski definition) is 7. The summed E-state index contributed by atoms with van der Waals surface area (Å²) in [4.78, 5) is 120. The van der Waals surface area contributed by atoms with E-state index in [0.29, 0.717) is 105 Å². The van der Waals surface area contributed by atoms with Gasteiger partial charge in [-0.2, -0.15) is 34.4 Å². The van der Waals surface area contributed by atoms with Gasteiger partial charge < -0.3 is 80.4 Å². The van der Waals surface area contributed by atoms with Crippen LogP contribution in [0.15, 0.2) is 102 Å². The number of halogens is 9. The number of nitrogens with two attached hydrogens (primary N) is 1. The standard InChI is InChI=1S/C24H28FN3O3S.C24H26FN3O3S.C23H24FN3O4S.C17H20BrNO2S.C7H7FN2O.C4H8O.C2H6.CH5P.CH3.BCl3.BrH.Mg/c1-13-8-16(25)9-20(26-13)22(30)27-18-11-21-19(10-17(18)24(2,3)31)28-23(32-21)15-6-4-14(12-29)5-7-15;1-4-14-5-7-15(8-6-14)23-28-19-11-17(24(30)31-3)18(12-21(19)32-23)27-22(29)20-10-16(25)9-13(2)26-20;1-12-7-15(24)8-19(25-12)21(29)26-17-10-20-18(9-16(17)23(30)31-2)27-22(32-20)14-5-3-13(11-28)4-6-14;1-3-10-4-6-11(7-5-10)16-19-14-8-12(17(20)21-2)13(18)9-15(14)22-16;1-4-2-5(8)3-6(10-4)7(9)11;1-2-4-5-3-1;2*1-2;;2-1(3)4;;/h8-11,14-15,29,31H,4-7,12H2,1-3H3,(H,27,30);9-12,14-15H,4-8H2,1-3H3,(H,27,29);7-10,13-14,28H,3-6,11H2,1-2H3,(H,26,29);8-11H,3-7H2,1-2H3;2-3H,1H3,(H2,9,11);1-4H2;1-2H3;2H2,1H3;1H3;;1H;/q;;;;;;;;-1;;;+2/p-1/i;;;;;;2*1D;;;;. The van der Waals surface area contributed by atoms with Crippen molar-refractivity contribution < 1.29 is 105 Å². The predicted octanol–water partition coefficient (Wildman–Crippen LogP) is 22.4. The van der Waals surface area contributed by atoms with E-state index in [9.17, 15) is 66.4 Å². The summed E-state index contributed by atoms with van der Waals surface area (Å²) in [7, 11) is 6.20. The number of carbonyl (C=O) groups excluding carboxylic acids is 7. The summed E-state index contributed by atoms with van der Waals surface area (Å²) in [5, 5.41) is 42.0. The number of aromatic nitrogens is 8. The van der Waals surface area contributed by atoms with Crippen molar-refractivity contribution in [3.63, 3.8) is 0 Å². The number of nitrogens with zero attached hydrogens (tertiary/aromatic N) is 8. The Balaban J connectivity index is 0.000000276. The Labute approximate surface area is 916 Å². The van der Waals surface area contributed by atoms with E-state index in [4.69, 9.17) is 81.7 Å². The summed E-state index contributed by atoms with van der Waals surface area (Å²) in [6.07, 6.45) is 22.7. The molecule has 0 radical (unpaired) electrons. The quantitative estimate of drug-likeness (QED) is 0.00987. The van der Waals surface area contributed by atoms with Crippen LogP contribution in [0.3, 0.4) is 0 Å². The van der Waals surface area contributed by atoms with Crippen LogP contribution in [0.25, 0.3) is 40.9 Å². The smallest absolute Gasteiger partial charge is 1.00 e. The Morgan fingerprint density at radius 1 is 0.476 bits per heavy atom. The van der Waals surface area contributed by atoms with E-state index in [1.807, 2.05) is 24.3 Å². The van der Waals surface area contributed by atoms with Crippen LogP contribution in [0.5, 0.6) is 0 Å². The second-order valence-electron chi connectivity index (χ2n) is 35.2. The van der Waals surface area contributed by atoms with Crippen LogP contribution in [0.4, 0.5) is 34.6 Å². The number of anilines is 3. The number of hydrogen-bond acceptors (Lipinski definition) is 26. The molecule has 4 amide bonds. The van der Waals surface area contributed by atoms with Gasteiger partial charge in [0.25, 0.3) is 23.6 Å². The zero-order valence-corrected chi connectivity index (χ0v) is 94.9. The van der Waals surface area contributed by atoms with Gasteiger partial charge in [-0.1, -0.05) is 47.2 Å². The van der Waals surface area contributed by atoms with Crippen molar-refractivity contribution in [2.45, 2.75) is 227 Å². The fourth-order valence-electron chi connectivity index (χ4n) is 17.2. The molecule has 1 saturated heterocycles. The van der Waals surface area contributed by atoms with Gasteiger partial charge in [0.2, 0.25) is 0 Å². The van der Waals surface area contributed by atoms with Crippen LogP contribution >= 0.6 is 105 Å². The molecule has 0 spiro atoms. The summed E-state index contributed by atoms with van der Waals surface area (Å²) >= 11 is 24.4. The van der Waals surface area contributed by atoms with Gasteiger partial charge in [0.1, 0.15) is 46.0 Å². The second kappa shape index (κ2) is 61.3. The Morgan fingerprint density at radius 2 is 0.738 bits per heavy atom. The number of primary amides is 1. The summed E-state index contributed by atoms with van der Waals surface area (Å²) in [6, 6.07) is 23.4. The van der Waals surface area contributed by atoms with E-state index in [1.165, 1.54) is 126 Å². The molecule has 26 nitrogen and oxygen atoms in total. The summed E-state index contributed by atoms with van der Waals surface area (Å²) in [6.45, 7) is 19.4. The number of aliphatic hydroxyl groups excluding tert-OH is 2. The van der Waals surface area contributed by atoms with Gasteiger partial charge in [-0.25, -0.2) is 71.8 Å². The topological polar surface area (TPSA) is 382 Å². The van der Waals surface area contributed by atoms with Gasteiger partial charge in [0, 0.05) is 116 Å². The molecule has 780 valence electrons. The van der Waals surface area contributed by atoms with Gasteiger partial charge in [-0.05, 0) is 270 Å². The first-order valence-electron chi connectivity index (χ1n) is 48.3. The molecule has 12 aromatic rings. The number of benzene rings is 4. The SMILES string of the molecule is C1CCOC1.CCC1CCC(c2nc3cc(C(=O)OC)c(Br)cc3s2)CC1.CCC1CCC(c2nc3cc(C(=O)OC)c(NC(=O)c4cc(F)cc(C)n4)cc3s2)CC1.COC(=O)c1cc2nc(C3CCC(CO)CC3)sc2cc1NC(=O)c1cc(F)cc(C)n1.Cc1cc(F)cc(C(=O)Nc2cc3sc(C4CCC(CO)CC4)nc3cc2C(C)(C)O)n1.Cc1cc(F)cc(C(N)=O)n1.ClB(Cl)Cl.[2H]CC.[2H]CP.[Br-].[CH3-].[Mg+2]. The fourth-order valence-corrected chi connectivity index (χ4v) is 22.4. The van der Waals surface area contributed by atoms with Crippen LogP contribution in [-0.2, 0) is 24.5 Å². The predicted molar refractivity (Wildman–Crippen MR) is 580 cm³/mol. The van der Waals surface area contributed by atoms with Crippen molar-refractivity contribution in [2.24, 2.45) is 29.4 Å². The minimum atomic E-state index is -1.22. The number of nitrogens with one attached hydrogen (secondary N) is 3. The molecule has 42 heteroatoms. The number of aliphatic hydroxyl groups is 3. The van der Waals surface area contributed by atoms with Crippen molar-refractivity contribution in [3.05, 3.63) is 220 Å². The first-order valence-corrected chi connectivity index (χ1v) is 53.1. The van der Waals surface area contributed by atoms with Gasteiger partial charge >= 0.3 is 45.9 Å². The molecule has 17 rings (SSSR count). The molecule has 1 unspecified atom stereocenters. The molecular weight excluding hydrogens is 2170 g/mol.